The molecule has 0 aliphatic rings. The summed E-state index contributed by atoms with van der Waals surface area (Å²) in [5.41, 5.74) is 13.6. The van der Waals surface area contributed by atoms with Crippen molar-refractivity contribution in [2.75, 3.05) is 0 Å². The molecule has 0 amide bonds. The summed E-state index contributed by atoms with van der Waals surface area (Å²) in [6.45, 7) is 6.96. The molecule has 0 aliphatic heterocycles. The summed E-state index contributed by atoms with van der Waals surface area (Å²) in [7, 11) is 0. The van der Waals surface area contributed by atoms with Gasteiger partial charge in [-0.3, -0.25) is 0 Å². The fourth-order valence-electron chi connectivity index (χ4n) is 9.63. The van der Waals surface area contributed by atoms with Gasteiger partial charge in [0.05, 0.1) is 16.6 Å². The van der Waals surface area contributed by atoms with Crippen LogP contribution in [0.1, 0.15) is 26.3 Å². The van der Waals surface area contributed by atoms with Gasteiger partial charge in [-0.2, -0.15) is 0 Å². The molecule has 57 heavy (non-hydrogen) atoms. The maximum atomic E-state index is 6.15. The molecule has 13 aromatic rings. The lowest BCUT2D eigenvalue weighted by molar-refractivity contribution is 0.592. The van der Waals surface area contributed by atoms with Crippen LogP contribution in [0.25, 0.3) is 126 Å². The van der Waals surface area contributed by atoms with Crippen LogP contribution < -0.4 is 0 Å². The highest BCUT2D eigenvalue weighted by atomic mass is 16.3. The molecule has 0 radical (unpaired) electrons. The molecule has 4 aromatic heterocycles. The third-order valence-corrected chi connectivity index (χ3v) is 12.6. The van der Waals surface area contributed by atoms with Crippen LogP contribution in [-0.4, -0.2) is 4.40 Å². The van der Waals surface area contributed by atoms with E-state index in [0.29, 0.717) is 0 Å². The Hall–Kier alpha value is -7.10. The van der Waals surface area contributed by atoms with E-state index >= 15 is 0 Å². The van der Waals surface area contributed by atoms with E-state index in [1.165, 1.54) is 87.5 Å². The molecule has 0 spiro atoms. The summed E-state index contributed by atoms with van der Waals surface area (Å²) in [4.78, 5) is 0. The molecule has 0 atom stereocenters. The van der Waals surface area contributed by atoms with Crippen molar-refractivity contribution >= 4 is 104 Å². The van der Waals surface area contributed by atoms with Gasteiger partial charge in [0.25, 0.3) is 0 Å². The lowest BCUT2D eigenvalue weighted by Gasteiger charge is -2.19. The van der Waals surface area contributed by atoms with Crippen molar-refractivity contribution in [1.29, 1.82) is 0 Å². The largest absolute Gasteiger partial charge is 0.456 e. The maximum Gasteiger partial charge on any atom is 0.135 e. The van der Waals surface area contributed by atoms with Gasteiger partial charge in [0, 0.05) is 43.1 Å². The second-order valence-corrected chi connectivity index (χ2v) is 17.0. The Morgan fingerprint density at radius 2 is 0.789 bits per heavy atom. The van der Waals surface area contributed by atoms with Gasteiger partial charge in [0.1, 0.15) is 22.3 Å². The van der Waals surface area contributed by atoms with E-state index in [9.17, 15) is 0 Å². The van der Waals surface area contributed by atoms with Gasteiger partial charge in [-0.15, -0.1) is 0 Å². The highest BCUT2D eigenvalue weighted by molar-refractivity contribution is 6.26. The van der Waals surface area contributed by atoms with Gasteiger partial charge in [-0.05, 0) is 140 Å². The summed E-state index contributed by atoms with van der Waals surface area (Å²) in [5.74, 6) is 0. The van der Waals surface area contributed by atoms with Crippen molar-refractivity contribution in [3.63, 3.8) is 0 Å². The van der Waals surface area contributed by atoms with Crippen LogP contribution >= 0.6 is 0 Å². The summed E-state index contributed by atoms with van der Waals surface area (Å²) in [6, 6.07) is 58.1. The van der Waals surface area contributed by atoms with Crippen LogP contribution in [0.4, 0.5) is 0 Å². The second kappa shape index (κ2) is 10.8. The smallest absolute Gasteiger partial charge is 0.135 e. The van der Waals surface area contributed by atoms with Gasteiger partial charge in [-0.1, -0.05) is 93.6 Å². The van der Waals surface area contributed by atoms with Crippen molar-refractivity contribution in [2.45, 2.75) is 26.2 Å². The van der Waals surface area contributed by atoms with Crippen molar-refractivity contribution < 1.29 is 8.83 Å². The molecule has 0 saturated carbocycles. The first-order chi connectivity index (χ1) is 27.8. The second-order valence-electron chi connectivity index (χ2n) is 17.0. The Kier molecular flexibility index (Phi) is 5.90. The average Bonchev–Trinajstić information content (AvgIpc) is 3.97. The van der Waals surface area contributed by atoms with E-state index in [2.05, 4.69) is 159 Å². The summed E-state index contributed by atoms with van der Waals surface area (Å²) < 4.78 is 14.8. The monoisotopic (exact) mass is 729 g/mol. The first kappa shape index (κ1) is 31.1. The number of hydrogen-bond donors (Lipinski definition) is 0. The summed E-state index contributed by atoms with van der Waals surface area (Å²) >= 11 is 0. The molecule has 3 nitrogen and oxygen atoms in total. The van der Waals surface area contributed by atoms with Crippen LogP contribution in [0.5, 0.6) is 0 Å². The normalized spacial score (nSPS) is 12.8. The molecule has 0 fully saturated rings. The molecule has 13 rings (SSSR count). The lowest BCUT2D eigenvalue weighted by atomic mass is 9.85. The molecule has 0 aliphatic carbocycles. The standard InChI is InChI=1S/C54H35NO2/c1-54(2,3)38-28-45-41-22-34-14-12-30(32-16-18-51-43(24-32)39-8-4-6-10-49(39)56-51)20-36(34)26-47(41)55-48-27-37-21-31(13-15-35(37)23-42(48)46(29-38)53(45)55)33-17-19-52-44(25-33)40-9-5-7-11-50(40)57-52/h4-29H,1-3H3. The van der Waals surface area contributed by atoms with Crippen LogP contribution in [0.2, 0.25) is 0 Å². The van der Waals surface area contributed by atoms with Crippen molar-refractivity contribution in [1.82, 2.24) is 4.40 Å². The number of benzene rings is 9. The fraction of sp³-hybridized carbons (Fsp3) is 0.0741. The van der Waals surface area contributed by atoms with Crippen LogP contribution in [0, 0.1) is 0 Å². The Morgan fingerprint density at radius 1 is 0.351 bits per heavy atom. The molecule has 0 bridgehead atoms. The zero-order chi connectivity index (χ0) is 37.7. The van der Waals surface area contributed by atoms with E-state index < -0.39 is 0 Å². The number of aromatic nitrogens is 1. The summed E-state index contributed by atoms with van der Waals surface area (Å²) in [5, 5.41) is 14.8. The molecule has 0 saturated heterocycles. The number of para-hydroxylation sites is 2. The highest BCUT2D eigenvalue weighted by Gasteiger charge is 2.23. The third-order valence-electron chi connectivity index (χ3n) is 12.6. The fourth-order valence-corrected chi connectivity index (χ4v) is 9.63. The number of rotatable bonds is 2. The lowest BCUT2D eigenvalue weighted by Crippen LogP contribution is -2.10. The minimum atomic E-state index is 0.00218. The Morgan fingerprint density at radius 3 is 1.28 bits per heavy atom. The van der Waals surface area contributed by atoms with Crippen molar-refractivity contribution in [2.24, 2.45) is 0 Å². The number of nitrogens with zero attached hydrogens (tertiary/aromatic N) is 1. The molecule has 4 heterocycles. The van der Waals surface area contributed by atoms with Crippen LogP contribution in [0.3, 0.4) is 0 Å². The summed E-state index contributed by atoms with van der Waals surface area (Å²) in [6.07, 6.45) is 0. The van der Waals surface area contributed by atoms with Gasteiger partial charge < -0.3 is 13.2 Å². The van der Waals surface area contributed by atoms with E-state index in [4.69, 9.17) is 8.83 Å². The zero-order valence-corrected chi connectivity index (χ0v) is 31.8. The van der Waals surface area contributed by atoms with Gasteiger partial charge in [0.15, 0.2) is 0 Å². The third kappa shape index (κ3) is 4.37. The minimum Gasteiger partial charge on any atom is -0.456 e. The van der Waals surface area contributed by atoms with E-state index in [1.807, 2.05) is 24.3 Å². The van der Waals surface area contributed by atoms with E-state index in [0.717, 1.165) is 43.9 Å². The highest BCUT2D eigenvalue weighted by Crippen LogP contribution is 2.45. The van der Waals surface area contributed by atoms with Crippen LogP contribution in [0.15, 0.2) is 167 Å². The van der Waals surface area contributed by atoms with E-state index in [1.54, 1.807) is 0 Å². The Balaban J connectivity index is 1.04. The molecule has 268 valence electrons. The minimum absolute atomic E-state index is 0.00218. The van der Waals surface area contributed by atoms with Gasteiger partial charge >= 0.3 is 0 Å². The van der Waals surface area contributed by atoms with Gasteiger partial charge in [0.2, 0.25) is 0 Å². The van der Waals surface area contributed by atoms with Gasteiger partial charge in [-0.25, -0.2) is 0 Å². The molecule has 0 N–H and O–H groups in total. The number of furan rings is 2. The number of hydrogen-bond acceptors (Lipinski definition) is 2. The van der Waals surface area contributed by atoms with Crippen LogP contribution in [-0.2, 0) is 5.41 Å². The molecule has 0 unspecified atom stereocenters. The Labute approximate surface area is 327 Å². The maximum absolute atomic E-state index is 6.15. The first-order valence-electron chi connectivity index (χ1n) is 19.8. The predicted octanol–water partition coefficient (Wildman–Crippen LogP) is 15.6. The quantitative estimate of drug-likeness (QED) is 0.177. The molecule has 3 heteroatoms. The molecular weight excluding hydrogens is 695 g/mol. The van der Waals surface area contributed by atoms with E-state index in [-0.39, 0.29) is 5.41 Å². The predicted molar refractivity (Wildman–Crippen MR) is 240 cm³/mol. The SMILES string of the molecule is CC(C)(C)c1cc2c3cc4ccc(-c5ccc6oc7ccccc7c6c5)cc4cc3n3c4cc5cc(-c6ccc7oc8ccccc8c7c6)ccc5cc4c(c1)c23. The molecule has 9 aromatic carbocycles. The molecular formula is C54H35NO2. The topological polar surface area (TPSA) is 30.7 Å². The first-order valence-corrected chi connectivity index (χ1v) is 19.8. The van der Waals surface area contributed by atoms with Crippen molar-refractivity contribution in [3.8, 4) is 22.3 Å². The average molecular weight is 730 g/mol. The Bertz CT molecular complexity index is 3610. The number of fused-ring (bicyclic) bond motifs is 14. The zero-order valence-electron chi connectivity index (χ0n) is 31.8. The van der Waals surface area contributed by atoms with Crippen molar-refractivity contribution in [3.05, 3.63) is 163 Å².